The number of hydrogen-bond acceptors (Lipinski definition) is 4. The van der Waals surface area contributed by atoms with Gasteiger partial charge in [0.25, 0.3) is 5.91 Å². The number of carbonyl (C=O) groups excluding carboxylic acids is 3. The van der Waals surface area contributed by atoms with Gasteiger partial charge in [-0.25, -0.2) is 0 Å². The molecule has 1 saturated heterocycles. The van der Waals surface area contributed by atoms with E-state index < -0.39 is 11.9 Å². The summed E-state index contributed by atoms with van der Waals surface area (Å²) in [5.41, 5.74) is 1.68. The molecule has 130 valence electrons. The van der Waals surface area contributed by atoms with Crippen LogP contribution < -0.4 is 5.32 Å². The summed E-state index contributed by atoms with van der Waals surface area (Å²) in [5, 5.41) is 2.66. The minimum atomic E-state index is -0.564. The number of esters is 1. The summed E-state index contributed by atoms with van der Waals surface area (Å²) >= 11 is 3.39. The Hall–Kier alpha value is -1.89. The van der Waals surface area contributed by atoms with Gasteiger partial charge in [0.1, 0.15) is 6.54 Å². The van der Waals surface area contributed by atoms with Crippen molar-refractivity contribution in [2.24, 2.45) is 0 Å². The van der Waals surface area contributed by atoms with Gasteiger partial charge >= 0.3 is 5.97 Å². The van der Waals surface area contributed by atoms with Crippen LogP contribution in [0.1, 0.15) is 31.2 Å². The van der Waals surface area contributed by atoms with Gasteiger partial charge in [0.2, 0.25) is 5.91 Å². The number of hydrogen-bond donors (Lipinski definition) is 1. The van der Waals surface area contributed by atoms with Gasteiger partial charge in [-0.1, -0.05) is 28.4 Å². The van der Waals surface area contributed by atoms with E-state index in [1.54, 1.807) is 12.1 Å². The third kappa shape index (κ3) is 5.63. The monoisotopic (exact) mass is 396 g/mol. The molecule has 1 fully saturated rings. The molecule has 1 aromatic carbocycles. The van der Waals surface area contributed by atoms with Crippen molar-refractivity contribution < 1.29 is 19.1 Å². The predicted octanol–water partition coefficient (Wildman–Crippen LogP) is 2.64. The van der Waals surface area contributed by atoms with Crippen LogP contribution in [-0.4, -0.2) is 42.4 Å². The summed E-state index contributed by atoms with van der Waals surface area (Å²) in [6.45, 7) is 2.05. The van der Waals surface area contributed by atoms with Crippen molar-refractivity contribution in [3.63, 3.8) is 0 Å². The third-order valence-corrected chi connectivity index (χ3v) is 4.67. The standard InChI is InChI=1S/C17H21BrN2O4/c1-12-6-7-13(9-14(12)18)19-15(21)11-24-17(23)10-20-8-4-2-3-5-16(20)22/h6-7,9H,2-5,8,10-11H2,1H3,(H,19,21). The van der Waals surface area contributed by atoms with Gasteiger partial charge in [-0.2, -0.15) is 0 Å². The van der Waals surface area contributed by atoms with E-state index in [9.17, 15) is 14.4 Å². The molecule has 6 nitrogen and oxygen atoms in total. The molecule has 1 heterocycles. The molecule has 0 aliphatic carbocycles. The number of anilines is 1. The molecule has 0 atom stereocenters. The molecule has 1 N–H and O–H groups in total. The molecule has 1 aliphatic heterocycles. The second kappa shape index (κ2) is 8.82. The molecule has 0 aromatic heterocycles. The maximum atomic E-state index is 11.8. The highest BCUT2D eigenvalue weighted by molar-refractivity contribution is 9.10. The van der Waals surface area contributed by atoms with Gasteiger partial charge in [0, 0.05) is 23.1 Å². The van der Waals surface area contributed by atoms with Gasteiger partial charge in [0.05, 0.1) is 0 Å². The van der Waals surface area contributed by atoms with Crippen molar-refractivity contribution in [1.82, 2.24) is 4.90 Å². The number of ether oxygens (including phenoxy) is 1. The maximum Gasteiger partial charge on any atom is 0.326 e. The quantitative estimate of drug-likeness (QED) is 0.776. The Morgan fingerprint density at radius 2 is 2.08 bits per heavy atom. The van der Waals surface area contributed by atoms with Gasteiger partial charge in [-0.15, -0.1) is 0 Å². The summed E-state index contributed by atoms with van der Waals surface area (Å²) < 4.78 is 5.85. The van der Waals surface area contributed by atoms with E-state index in [2.05, 4.69) is 21.2 Å². The fourth-order valence-electron chi connectivity index (χ4n) is 2.42. The second-order valence-electron chi connectivity index (χ2n) is 5.80. The van der Waals surface area contributed by atoms with Crippen molar-refractivity contribution in [2.75, 3.05) is 25.0 Å². The van der Waals surface area contributed by atoms with Crippen LogP contribution in [0.4, 0.5) is 5.69 Å². The Morgan fingerprint density at radius 1 is 1.29 bits per heavy atom. The highest BCUT2D eigenvalue weighted by atomic mass is 79.9. The first-order valence-electron chi connectivity index (χ1n) is 7.95. The molecule has 0 spiro atoms. The van der Waals surface area contributed by atoms with Crippen LogP contribution in [0.3, 0.4) is 0 Å². The van der Waals surface area contributed by atoms with E-state index in [1.165, 1.54) is 4.90 Å². The number of nitrogens with zero attached hydrogens (tertiary/aromatic N) is 1. The highest BCUT2D eigenvalue weighted by Gasteiger charge is 2.20. The van der Waals surface area contributed by atoms with E-state index in [0.717, 1.165) is 29.3 Å². The largest absolute Gasteiger partial charge is 0.454 e. The van der Waals surface area contributed by atoms with Crippen LogP contribution in [0.25, 0.3) is 0 Å². The first-order valence-corrected chi connectivity index (χ1v) is 8.74. The Bertz CT molecular complexity index is 633. The molecular formula is C17H21BrN2O4. The van der Waals surface area contributed by atoms with E-state index in [4.69, 9.17) is 4.74 Å². The third-order valence-electron chi connectivity index (χ3n) is 3.81. The lowest BCUT2D eigenvalue weighted by atomic mass is 10.2. The molecule has 2 amide bonds. The van der Waals surface area contributed by atoms with Crippen molar-refractivity contribution in [3.8, 4) is 0 Å². The van der Waals surface area contributed by atoms with Gasteiger partial charge < -0.3 is 15.0 Å². The van der Waals surface area contributed by atoms with Crippen LogP contribution in [0, 0.1) is 6.92 Å². The molecule has 2 rings (SSSR count). The molecule has 24 heavy (non-hydrogen) atoms. The minimum Gasteiger partial charge on any atom is -0.454 e. The van der Waals surface area contributed by atoms with Crippen LogP contribution in [0.2, 0.25) is 0 Å². The lowest BCUT2D eigenvalue weighted by Crippen LogP contribution is -2.36. The summed E-state index contributed by atoms with van der Waals surface area (Å²) in [4.78, 5) is 37.0. The number of amides is 2. The van der Waals surface area contributed by atoms with Crippen molar-refractivity contribution >= 4 is 39.4 Å². The fourth-order valence-corrected chi connectivity index (χ4v) is 2.80. The van der Waals surface area contributed by atoms with E-state index in [0.29, 0.717) is 18.7 Å². The average molecular weight is 397 g/mol. The lowest BCUT2D eigenvalue weighted by Gasteiger charge is -2.19. The van der Waals surface area contributed by atoms with Crippen molar-refractivity contribution in [1.29, 1.82) is 0 Å². The topological polar surface area (TPSA) is 75.7 Å². The van der Waals surface area contributed by atoms with E-state index in [-0.39, 0.29) is 19.1 Å². The summed E-state index contributed by atoms with van der Waals surface area (Å²) in [7, 11) is 0. The number of benzene rings is 1. The summed E-state index contributed by atoms with van der Waals surface area (Å²) in [6, 6.07) is 5.43. The second-order valence-corrected chi connectivity index (χ2v) is 6.65. The van der Waals surface area contributed by atoms with Gasteiger partial charge in [-0.3, -0.25) is 14.4 Å². The molecule has 7 heteroatoms. The lowest BCUT2D eigenvalue weighted by molar-refractivity contribution is -0.151. The van der Waals surface area contributed by atoms with Crippen molar-refractivity contribution in [2.45, 2.75) is 32.6 Å². The molecule has 0 unspecified atom stereocenters. The van der Waals surface area contributed by atoms with Crippen LogP contribution in [0.15, 0.2) is 22.7 Å². The normalized spacial score (nSPS) is 14.9. The van der Waals surface area contributed by atoms with Crippen LogP contribution >= 0.6 is 15.9 Å². The Labute approximate surface area is 149 Å². The molecule has 1 aromatic rings. The Kier molecular flexibility index (Phi) is 6.78. The number of carbonyl (C=O) groups is 3. The molecule has 1 aliphatic rings. The van der Waals surface area contributed by atoms with Gasteiger partial charge in [-0.05, 0) is 37.5 Å². The number of halogens is 1. The number of rotatable bonds is 5. The highest BCUT2D eigenvalue weighted by Crippen LogP contribution is 2.20. The van der Waals surface area contributed by atoms with Crippen LogP contribution in [-0.2, 0) is 19.1 Å². The summed E-state index contributed by atoms with van der Waals surface area (Å²) in [6.07, 6.45) is 3.21. The fraction of sp³-hybridized carbons (Fsp3) is 0.471. The van der Waals surface area contributed by atoms with Crippen molar-refractivity contribution in [3.05, 3.63) is 28.2 Å². The van der Waals surface area contributed by atoms with E-state index in [1.807, 2.05) is 13.0 Å². The zero-order valence-electron chi connectivity index (χ0n) is 13.6. The number of likely N-dealkylation sites (tertiary alicyclic amines) is 1. The summed E-state index contributed by atoms with van der Waals surface area (Å²) in [5.74, 6) is -1.01. The predicted molar refractivity (Wildman–Crippen MR) is 93.5 cm³/mol. The average Bonchev–Trinajstić information content (AvgIpc) is 2.74. The smallest absolute Gasteiger partial charge is 0.326 e. The number of nitrogens with one attached hydrogen (secondary N) is 1. The maximum absolute atomic E-state index is 11.8. The van der Waals surface area contributed by atoms with E-state index >= 15 is 0 Å². The minimum absolute atomic E-state index is 0.0293. The Morgan fingerprint density at radius 3 is 2.83 bits per heavy atom. The Balaban J connectivity index is 1.77. The van der Waals surface area contributed by atoms with Crippen LogP contribution in [0.5, 0.6) is 0 Å². The number of aryl methyl sites for hydroxylation is 1. The molecular weight excluding hydrogens is 376 g/mol. The first-order chi connectivity index (χ1) is 11.5. The molecule has 0 bridgehead atoms. The zero-order chi connectivity index (χ0) is 17.5. The first kappa shape index (κ1) is 18.4. The van der Waals surface area contributed by atoms with Gasteiger partial charge in [0.15, 0.2) is 6.61 Å². The SMILES string of the molecule is Cc1ccc(NC(=O)COC(=O)CN2CCCCCC2=O)cc1Br. The molecule has 0 saturated carbocycles. The zero-order valence-corrected chi connectivity index (χ0v) is 15.2. The molecule has 0 radical (unpaired) electrons.